The number of rotatable bonds is 10. The zero-order valence-electron chi connectivity index (χ0n) is 32.0. The molecule has 8 nitrogen and oxygen atoms in total. The van der Waals surface area contributed by atoms with Crippen molar-refractivity contribution in [2.45, 2.75) is 89.4 Å². The molecule has 2 fully saturated rings. The second kappa shape index (κ2) is 16.0. The maximum atomic E-state index is 15.1. The molecular weight excluding hydrogens is 695 g/mol. The highest BCUT2D eigenvalue weighted by Crippen LogP contribution is 2.45. The van der Waals surface area contributed by atoms with E-state index >= 15 is 4.79 Å². The van der Waals surface area contributed by atoms with Gasteiger partial charge in [-0.25, -0.2) is 4.99 Å². The van der Waals surface area contributed by atoms with Gasteiger partial charge in [-0.05, 0) is 109 Å². The maximum Gasteiger partial charge on any atom is 0.198 e. The van der Waals surface area contributed by atoms with Crippen molar-refractivity contribution >= 4 is 63.9 Å². The van der Waals surface area contributed by atoms with Crippen molar-refractivity contribution in [1.29, 1.82) is 0 Å². The molecule has 0 amide bonds. The number of aldehydes is 2. The average Bonchev–Trinajstić information content (AvgIpc) is 3.24. The van der Waals surface area contributed by atoms with Crippen LogP contribution in [0.15, 0.2) is 89.9 Å². The number of nitrogens with two attached hydrogens (primary N) is 2. The number of benzene rings is 5. The van der Waals surface area contributed by atoms with Gasteiger partial charge in [0.2, 0.25) is 0 Å². The molecule has 0 saturated heterocycles. The third kappa shape index (κ3) is 7.12. The van der Waals surface area contributed by atoms with E-state index in [0.29, 0.717) is 58.3 Å². The number of hydrogen-bond donors (Lipinski definition) is 4. The van der Waals surface area contributed by atoms with Crippen LogP contribution in [0.1, 0.15) is 147 Å². The molecule has 0 heterocycles. The molecule has 0 spiro atoms. The first-order valence-electron chi connectivity index (χ1n) is 20.2. The Hall–Kier alpha value is -6.02. The van der Waals surface area contributed by atoms with Crippen molar-refractivity contribution in [3.05, 3.63) is 135 Å². The molecule has 0 unspecified atom stereocenters. The van der Waals surface area contributed by atoms with Gasteiger partial charge < -0.3 is 22.1 Å². The second-order valence-corrected chi connectivity index (χ2v) is 15.6. The predicted molar refractivity (Wildman–Crippen MR) is 228 cm³/mol. The Balaban J connectivity index is 1.29. The van der Waals surface area contributed by atoms with Crippen LogP contribution < -0.4 is 22.1 Å². The van der Waals surface area contributed by atoms with Gasteiger partial charge in [-0.15, -0.1) is 0 Å². The topological polar surface area (TPSA) is 140 Å². The number of carbonyl (C=O) groups is 3. The summed E-state index contributed by atoms with van der Waals surface area (Å²) in [5.74, 6) is 0.667. The summed E-state index contributed by atoms with van der Waals surface area (Å²) >= 11 is 0. The number of nitrogen functional groups attached to an aromatic ring is 2. The van der Waals surface area contributed by atoms with Crippen molar-refractivity contribution in [3.63, 3.8) is 0 Å². The van der Waals surface area contributed by atoms with Gasteiger partial charge in [0.05, 0.1) is 39.6 Å². The number of nitrogens with zero attached hydrogens (tertiary/aromatic N) is 1. The van der Waals surface area contributed by atoms with Crippen LogP contribution in [0.4, 0.5) is 39.8 Å². The number of nitrogens with one attached hydrogen (secondary N) is 2. The van der Waals surface area contributed by atoms with E-state index in [4.69, 9.17) is 16.5 Å². The SMILES string of the molecule is CCc1ccc(N=C2c3c(Nc4ccc(C5CCCCC5)cc4)cc(C=O)c(N)c3C(=O)c3c(Nc4ccc(C5CCCCC5)cc4)cc(C=O)c(N)c32)cc1. The van der Waals surface area contributed by atoms with E-state index in [-0.39, 0.29) is 33.6 Å². The molecule has 0 aromatic heterocycles. The number of carbonyl (C=O) groups excluding carboxylic acids is 3. The Morgan fingerprint density at radius 1 is 0.607 bits per heavy atom. The van der Waals surface area contributed by atoms with Crippen molar-refractivity contribution in [1.82, 2.24) is 0 Å². The molecule has 5 aromatic rings. The van der Waals surface area contributed by atoms with E-state index in [9.17, 15) is 9.59 Å². The first-order valence-corrected chi connectivity index (χ1v) is 20.2. The molecule has 0 radical (unpaired) electrons. The first-order chi connectivity index (χ1) is 27.4. The monoisotopic (exact) mass is 743 g/mol. The van der Waals surface area contributed by atoms with Crippen LogP contribution in [-0.2, 0) is 6.42 Å². The summed E-state index contributed by atoms with van der Waals surface area (Å²) < 4.78 is 0. The third-order valence-electron chi connectivity index (χ3n) is 12.1. The normalized spacial score (nSPS) is 16.6. The van der Waals surface area contributed by atoms with Crippen LogP contribution >= 0.6 is 0 Å². The minimum atomic E-state index is -0.419. The highest BCUT2D eigenvalue weighted by atomic mass is 16.1. The van der Waals surface area contributed by atoms with Gasteiger partial charge in [-0.2, -0.15) is 0 Å². The Morgan fingerprint density at radius 2 is 1.07 bits per heavy atom. The summed E-state index contributed by atoms with van der Waals surface area (Å²) in [4.78, 5) is 45.5. The smallest absolute Gasteiger partial charge is 0.198 e. The Bertz CT molecular complexity index is 2320. The van der Waals surface area contributed by atoms with Crippen LogP contribution in [0.3, 0.4) is 0 Å². The summed E-state index contributed by atoms with van der Waals surface area (Å²) in [7, 11) is 0. The number of anilines is 6. The fourth-order valence-corrected chi connectivity index (χ4v) is 8.95. The van der Waals surface area contributed by atoms with Crippen LogP contribution in [0.2, 0.25) is 0 Å². The van der Waals surface area contributed by atoms with Crippen LogP contribution in [-0.4, -0.2) is 24.1 Å². The quantitative estimate of drug-likeness (QED) is 0.0809. The molecule has 0 atom stereocenters. The molecule has 8 rings (SSSR count). The fraction of sp³-hybridized carbons (Fsp3) is 0.292. The van der Waals surface area contributed by atoms with Crippen LogP contribution in [0, 0.1) is 0 Å². The highest BCUT2D eigenvalue weighted by Gasteiger charge is 2.38. The molecule has 56 heavy (non-hydrogen) atoms. The summed E-state index contributed by atoms with van der Waals surface area (Å²) in [6.45, 7) is 2.09. The van der Waals surface area contributed by atoms with Crippen molar-refractivity contribution in [3.8, 4) is 0 Å². The van der Waals surface area contributed by atoms with E-state index in [2.05, 4.69) is 41.8 Å². The number of aryl methyl sites for hydroxylation is 1. The number of ketones is 1. The molecule has 2 saturated carbocycles. The van der Waals surface area contributed by atoms with Gasteiger partial charge in [-0.1, -0.05) is 81.8 Å². The summed E-state index contributed by atoms with van der Waals surface area (Å²) in [5.41, 5.74) is 22.6. The Kier molecular flexibility index (Phi) is 10.5. The fourth-order valence-electron chi connectivity index (χ4n) is 8.95. The average molecular weight is 744 g/mol. The van der Waals surface area contributed by atoms with Crippen molar-refractivity contribution in [2.75, 3.05) is 22.1 Å². The van der Waals surface area contributed by atoms with Gasteiger partial charge in [0, 0.05) is 39.3 Å². The summed E-state index contributed by atoms with van der Waals surface area (Å²) in [6.07, 6.45) is 14.5. The molecule has 8 heteroatoms. The zero-order chi connectivity index (χ0) is 38.8. The molecular formula is C48H49N5O3. The Morgan fingerprint density at radius 3 is 1.54 bits per heavy atom. The van der Waals surface area contributed by atoms with Crippen LogP contribution in [0.5, 0.6) is 0 Å². The van der Waals surface area contributed by atoms with Gasteiger partial charge in [0.25, 0.3) is 0 Å². The third-order valence-corrected chi connectivity index (χ3v) is 12.1. The first kappa shape index (κ1) is 36.9. The second-order valence-electron chi connectivity index (χ2n) is 15.6. The number of fused-ring (bicyclic) bond motifs is 2. The molecule has 284 valence electrons. The molecule has 6 N–H and O–H groups in total. The lowest BCUT2D eigenvalue weighted by atomic mass is 9.78. The van der Waals surface area contributed by atoms with Gasteiger partial charge >= 0.3 is 0 Å². The van der Waals surface area contributed by atoms with Crippen molar-refractivity contribution in [2.24, 2.45) is 4.99 Å². The van der Waals surface area contributed by atoms with E-state index < -0.39 is 5.78 Å². The standard InChI is InChI=1S/C48H49N5O3/c1-2-29-13-19-38(20-14-29)53-47-41-39(51-36-21-15-32(16-22-36)30-9-5-3-6-10-30)25-35(28-55)46(50)44(41)48(56)42-40(26-34(27-54)45(49)43(42)47)52-37-23-17-33(18-24-37)31-11-7-4-8-12-31/h13-28,30-31,51-52H,2-12,49-50H2,1H3. The predicted octanol–water partition coefficient (Wildman–Crippen LogP) is 11.3. The molecule has 5 aromatic carbocycles. The minimum Gasteiger partial charge on any atom is -0.398 e. The zero-order valence-corrected chi connectivity index (χ0v) is 32.0. The van der Waals surface area contributed by atoms with Gasteiger partial charge in [-0.3, -0.25) is 14.4 Å². The molecule has 3 aliphatic carbocycles. The summed E-state index contributed by atoms with van der Waals surface area (Å²) in [6, 6.07) is 27.8. The molecule has 0 aliphatic heterocycles. The van der Waals surface area contributed by atoms with Gasteiger partial charge in [0.1, 0.15) is 0 Å². The highest BCUT2D eigenvalue weighted by molar-refractivity contribution is 6.37. The summed E-state index contributed by atoms with van der Waals surface area (Å²) in [5, 5.41) is 6.95. The maximum absolute atomic E-state index is 15.1. The van der Waals surface area contributed by atoms with Gasteiger partial charge in [0.15, 0.2) is 18.4 Å². The Labute approximate surface area is 328 Å². The largest absolute Gasteiger partial charge is 0.398 e. The number of aliphatic imine (C=N–C) groups is 1. The lowest BCUT2D eigenvalue weighted by Crippen LogP contribution is -2.28. The van der Waals surface area contributed by atoms with Crippen LogP contribution in [0.25, 0.3) is 0 Å². The molecule has 3 aliphatic rings. The van der Waals surface area contributed by atoms with E-state index in [1.54, 1.807) is 12.1 Å². The van der Waals surface area contributed by atoms with Crippen molar-refractivity contribution < 1.29 is 14.4 Å². The van der Waals surface area contributed by atoms with E-state index in [1.807, 2.05) is 48.5 Å². The molecule has 0 bridgehead atoms. The van der Waals surface area contributed by atoms with E-state index in [0.717, 1.165) is 23.4 Å². The van der Waals surface area contributed by atoms with E-state index in [1.165, 1.54) is 75.3 Å². The lowest BCUT2D eigenvalue weighted by Gasteiger charge is -2.29. The number of hydrogen-bond acceptors (Lipinski definition) is 8. The minimum absolute atomic E-state index is 0.0543. The lowest BCUT2D eigenvalue weighted by molar-refractivity contribution is 0.103.